The van der Waals surface area contributed by atoms with Gasteiger partial charge in [0, 0.05) is 7.05 Å². The molecule has 0 atom stereocenters. The van der Waals surface area contributed by atoms with E-state index in [1.165, 1.54) is 0 Å². The Morgan fingerprint density at radius 3 is 2.17 bits per heavy atom. The highest BCUT2D eigenvalue weighted by Crippen LogP contribution is 2.08. The van der Waals surface area contributed by atoms with Crippen LogP contribution in [-0.4, -0.2) is 8.42 Å². The molecule has 65 valence electrons. The zero-order valence-corrected chi connectivity index (χ0v) is 7.56. The zero-order valence-electron chi connectivity index (χ0n) is 6.74. The van der Waals surface area contributed by atoms with Crippen LogP contribution in [0.5, 0.6) is 0 Å². The summed E-state index contributed by atoms with van der Waals surface area (Å²) in [5, 5.41) is 0. The first-order chi connectivity index (χ1) is 5.56. The van der Waals surface area contributed by atoms with E-state index < -0.39 is 10.0 Å². The first-order valence-corrected chi connectivity index (χ1v) is 4.90. The van der Waals surface area contributed by atoms with Crippen LogP contribution < -0.4 is 4.72 Å². The van der Waals surface area contributed by atoms with Crippen LogP contribution in [0.15, 0.2) is 29.2 Å². The fourth-order valence-corrected chi connectivity index (χ4v) is 1.46. The van der Waals surface area contributed by atoms with Gasteiger partial charge in [-0.05, 0) is 19.1 Å². The lowest BCUT2D eigenvalue weighted by molar-refractivity contribution is 0.590. The van der Waals surface area contributed by atoms with Crippen molar-refractivity contribution in [3.05, 3.63) is 36.9 Å². The number of sulfonamides is 1. The minimum absolute atomic E-state index is 0.239. The van der Waals surface area contributed by atoms with Gasteiger partial charge in [-0.3, -0.25) is 0 Å². The van der Waals surface area contributed by atoms with Gasteiger partial charge in [0.15, 0.2) is 0 Å². The van der Waals surface area contributed by atoms with Crippen LogP contribution in [-0.2, 0) is 10.0 Å². The molecule has 0 bridgehead atoms. The number of hydrogen-bond donors (Lipinski definition) is 1. The van der Waals surface area contributed by atoms with Gasteiger partial charge in [-0.25, -0.2) is 13.1 Å². The Morgan fingerprint density at radius 2 is 1.75 bits per heavy atom. The van der Waals surface area contributed by atoms with Crippen molar-refractivity contribution in [1.82, 2.24) is 4.72 Å². The van der Waals surface area contributed by atoms with Crippen molar-refractivity contribution in [2.75, 3.05) is 0 Å². The fourth-order valence-electron chi connectivity index (χ4n) is 0.801. The Labute approximate surface area is 72.5 Å². The fraction of sp³-hybridized carbons (Fsp3) is 0.125. The molecule has 1 aromatic carbocycles. The number of nitrogens with one attached hydrogen (secondary N) is 1. The normalized spacial score (nSPS) is 11.5. The third-order valence-corrected chi connectivity index (χ3v) is 2.79. The SMILES string of the molecule is [CH2]NS(=O)(=O)c1ccc(C)cc1. The minimum Gasteiger partial charge on any atom is -0.210 e. The summed E-state index contributed by atoms with van der Waals surface area (Å²) in [5.74, 6) is 0. The van der Waals surface area contributed by atoms with Gasteiger partial charge in [-0.15, -0.1) is 0 Å². The summed E-state index contributed by atoms with van der Waals surface area (Å²) in [6, 6.07) is 6.57. The van der Waals surface area contributed by atoms with E-state index in [9.17, 15) is 8.42 Å². The molecule has 0 amide bonds. The second-order valence-electron chi connectivity index (χ2n) is 2.46. The number of aryl methyl sites for hydroxylation is 1. The van der Waals surface area contributed by atoms with Gasteiger partial charge in [-0.1, -0.05) is 17.7 Å². The smallest absolute Gasteiger partial charge is 0.210 e. The highest BCUT2D eigenvalue weighted by molar-refractivity contribution is 7.89. The number of rotatable bonds is 2. The maximum atomic E-state index is 11.1. The van der Waals surface area contributed by atoms with Crippen molar-refractivity contribution < 1.29 is 8.42 Å². The minimum atomic E-state index is -3.38. The van der Waals surface area contributed by atoms with Crippen LogP contribution in [0.2, 0.25) is 0 Å². The second kappa shape index (κ2) is 3.25. The van der Waals surface area contributed by atoms with E-state index in [1.807, 2.05) is 11.6 Å². The number of hydrogen-bond acceptors (Lipinski definition) is 2. The predicted molar refractivity (Wildman–Crippen MR) is 46.9 cm³/mol. The summed E-state index contributed by atoms with van der Waals surface area (Å²) in [5.41, 5.74) is 1.03. The molecule has 0 heterocycles. The zero-order chi connectivity index (χ0) is 9.19. The summed E-state index contributed by atoms with van der Waals surface area (Å²) in [6.45, 7) is 1.90. The van der Waals surface area contributed by atoms with Crippen molar-refractivity contribution in [1.29, 1.82) is 0 Å². The average Bonchev–Trinajstić information content (AvgIpc) is 2.05. The van der Waals surface area contributed by atoms with Gasteiger partial charge in [-0.2, -0.15) is 0 Å². The van der Waals surface area contributed by atoms with Gasteiger partial charge in [0.1, 0.15) is 0 Å². The molecule has 1 aromatic rings. The van der Waals surface area contributed by atoms with Crippen molar-refractivity contribution in [3.8, 4) is 0 Å². The molecule has 0 fully saturated rings. The quantitative estimate of drug-likeness (QED) is 0.747. The first kappa shape index (κ1) is 9.22. The van der Waals surface area contributed by atoms with Crippen molar-refractivity contribution >= 4 is 10.0 Å². The lowest BCUT2D eigenvalue weighted by Gasteiger charge is -2.01. The Balaban J connectivity index is 3.14. The van der Waals surface area contributed by atoms with E-state index in [0.29, 0.717) is 0 Å². The van der Waals surface area contributed by atoms with Gasteiger partial charge < -0.3 is 0 Å². The maximum Gasteiger partial charge on any atom is 0.240 e. The van der Waals surface area contributed by atoms with Crippen LogP contribution in [0.4, 0.5) is 0 Å². The molecule has 0 spiro atoms. The highest BCUT2D eigenvalue weighted by atomic mass is 32.2. The van der Waals surface area contributed by atoms with Crippen molar-refractivity contribution in [3.63, 3.8) is 0 Å². The lowest BCUT2D eigenvalue weighted by Crippen LogP contribution is -2.16. The topological polar surface area (TPSA) is 46.2 Å². The Kier molecular flexibility index (Phi) is 2.49. The summed E-state index contributed by atoms with van der Waals surface area (Å²) < 4.78 is 24.3. The van der Waals surface area contributed by atoms with Crippen molar-refractivity contribution in [2.24, 2.45) is 0 Å². The van der Waals surface area contributed by atoms with Gasteiger partial charge in [0.25, 0.3) is 0 Å². The first-order valence-electron chi connectivity index (χ1n) is 3.42. The van der Waals surface area contributed by atoms with E-state index in [4.69, 9.17) is 0 Å². The van der Waals surface area contributed by atoms with Crippen LogP contribution >= 0.6 is 0 Å². The molecule has 0 aliphatic carbocycles. The predicted octanol–water partition coefficient (Wildman–Crippen LogP) is 1.06. The van der Waals surface area contributed by atoms with Crippen LogP contribution in [0, 0.1) is 14.0 Å². The molecular formula is C8H10NO2S. The third kappa shape index (κ3) is 1.84. The van der Waals surface area contributed by atoms with E-state index in [2.05, 4.69) is 7.05 Å². The van der Waals surface area contributed by atoms with Gasteiger partial charge in [0.2, 0.25) is 10.0 Å². The molecule has 1 rings (SSSR count). The van der Waals surface area contributed by atoms with Crippen molar-refractivity contribution in [2.45, 2.75) is 11.8 Å². The molecule has 0 aliphatic rings. The van der Waals surface area contributed by atoms with Crippen LogP contribution in [0.3, 0.4) is 0 Å². The van der Waals surface area contributed by atoms with Crippen LogP contribution in [0.1, 0.15) is 5.56 Å². The molecule has 3 nitrogen and oxygen atoms in total. The highest BCUT2D eigenvalue weighted by Gasteiger charge is 2.09. The Morgan fingerprint density at radius 1 is 1.25 bits per heavy atom. The average molecular weight is 184 g/mol. The molecule has 0 aromatic heterocycles. The molecular weight excluding hydrogens is 174 g/mol. The second-order valence-corrected chi connectivity index (χ2v) is 4.23. The Hall–Kier alpha value is -0.870. The molecule has 0 saturated carbocycles. The molecule has 12 heavy (non-hydrogen) atoms. The maximum absolute atomic E-state index is 11.1. The molecule has 1 radical (unpaired) electrons. The van der Waals surface area contributed by atoms with E-state index >= 15 is 0 Å². The molecule has 4 heteroatoms. The summed E-state index contributed by atoms with van der Waals surface area (Å²) >= 11 is 0. The number of benzene rings is 1. The standard InChI is InChI=1S/C8H10NO2S/c1-7-3-5-8(6-4-7)12(10,11)9-2/h3-6,9H,2H2,1H3. The van der Waals surface area contributed by atoms with E-state index in [-0.39, 0.29) is 4.90 Å². The molecule has 0 unspecified atom stereocenters. The Bertz CT molecular complexity index is 353. The van der Waals surface area contributed by atoms with E-state index in [1.54, 1.807) is 24.3 Å². The summed E-state index contributed by atoms with van der Waals surface area (Å²) in [4.78, 5) is 0.239. The van der Waals surface area contributed by atoms with Gasteiger partial charge in [0.05, 0.1) is 4.90 Å². The van der Waals surface area contributed by atoms with Crippen LogP contribution in [0.25, 0.3) is 0 Å². The largest absolute Gasteiger partial charge is 0.240 e. The summed E-state index contributed by atoms with van der Waals surface area (Å²) in [6.07, 6.45) is 0. The molecule has 1 N–H and O–H groups in total. The summed E-state index contributed by atoms with van der Waals surface area (Å²) in [7, 11) is -0.258. The lowest BCUT2D eigenvalue weighted by atomic mass is 10.2. The molecule has 0 aliphatic heterocycles. The third-order valence-electron chi connectivity index (χ3n) is 1.52. The molecule has 0 saturated heterocycles. The van der Waals surface area contributed by atoms with Gasteiger partial charge >= 0.3 is 0 Å². The monoisotopic (exact) mass is 184 g/mol. The van der Waals surface area contributed by atoms with E-state index in [0.717, 1.165) is 5.56 Å².